The molecule has 1 amide bonds. The molecular formula is C26H30ClN3O3S. The Morgan fingerprint density at radius 3 is 2.44 bits per heavy atom. The Morgan fingerprint density at radius 2 is 1.76 bits per heavy atom. The maximum absolute atomic E-state index is 13.2. The van der Waals surface area contributed by atoms with Gasteiger partial charge in [0, 0.05) is 35.6 Å². The molecule has 0 radical (unpaired) electrons. The van der Waals surface area contributed by atoms with E-state index >= 15 is 0 Å². The molecule has 180 valence electrons. The standard InChI is InChI=1S/C26H30ClN3O3S/c1-19-23(26(31)28-21-11-9-20(10-12-21)18-34(32)33)17-30(16-15-29-13-5-2-6-14-29)25(19)22-7-3-4-8-24(22)27/h3-4,7-12,17H,2,5-6,13-16,18H2,1H3,(H,28,31)(H,32,33). The van der Waals surface area contributed by atoms with Crippen LogP contribution in [0.5, 0.6) is 0 Å². The second-order valence-electron chi connectivity index (χ2n) is 8.71. The van der Waals surface area contributed by atoms with Crippen molar-refractivity contribution in [3.8, 4) is 11.3 Å². The third-order valence-electron chi connectivity index (χ3n) is 6.31. The summed E-state index contributed by atoms with van der Waals surface area (Å²) in [6.07, 6.45) is 5.70. The van der Waals surface area contributed by atoms with Crippen LogP contribution in [0.15, 0.2) is 54.7 Å². The fourth-order valence-electron chi connectivity index (χ4n) is 4.53. The van der Waals surface area contributed by atoms with Crippen molar-refractivity contribution in [1.29, 1.82) is 0 Å². The van der Waals surface area contributed by atoms with Crippen molar-refractivity contribution < 1.29 is 13.6 Å². The fourth-order valence-corrected chi connectivity index (χ4v) is 5.24. The zero-order valence-electron chi connectivity index (χ0n) is 19.3. The summed E-state index contributed by atoms with van der Waals surface area (Å²) in [6.45, 7) is 5.91. The van der Waals surface area contributed by atoms with E-state index in [4.69, 9.17) is 16.2 Å². The minimum absolute atomic E-state index is 0.0639. The lowest BCUT2D eigenvalue weighted by atomic mass is 10.1. The molecule has 8 heteroatoms. The highest BCUT2D eigenvalue weighted by molar-refractivity contribution is 7.78. The van der Waals surface area contributed by atoms with Crippen LogP contribution in [0.2, 0.25) is 5.02 Å². The van der Waals surface area contributed by atoms with Gasteiger partial charge in [-0.05, 0) is 62.2 Å². The molecule has 34 heavy (non-hydrogen) atoms. The highest BCUT2D eigenvalue weighted by Crippen LogP contribution is 2.33. The number of hydrogen-bond acceptors (Lipinski definition) is 3. The van der Waals surface area contributed by atoms with Crippen molar-refractivity contribution in [1.82, 2.24) is 9.47 Å². The number of carbonyl (C=O) groups excluding carboxylic acids is 1. The predicted octanol–water partition coefficient (Wildman–Crippen LogP) is 5.58. The molecule has 1 fully saturated rings. The summed E-state index contributed by atoms with van der Waals surface area (Å²) < 4.78 is 22.2. The van der Waals surface area contributed by atoms with Gasteiger partial charge in [0.05, 0.1) is 17.0 Å². The highest BCUT2D eigenvalue weighted by Gasteiger charge is 2.21. The molecule has 1 aliphatic heterocycles. The van der Waals surface area contributed by atoms with Crippen LogP contribution >= 0.6 is 11.6 Å². The van der Waals surface area contributed by atoms with Gasteiger partial charge in [0.25, 0.3) is 5.91 Å². The van der Waals surface area contributed by atoms with E-state index in [9.17, 15) is 9.00 Å². The number of benzene rings is 2. The molecule has 0 aliphatic carbocycles. The van der Waals surface area contributed by atoms with Crippen molar-refractivity contribution in [2.24, 2.45) is 0 Å². The Labute approximate surface area is 208 Å². The molecule has 2 aromatic carbocycles. The molecule has 2 N–H and O–H groups in total. The highest BCUT2D eigenvalue weighted by atomic mass is 35.5. The van der Waals surface area contributed by atoms with E-state index < -0.39 is 11.1 Å². The van der Waals surface area contributed by atoms with Crippen molar-refractivity contribution >= 4 is 34.3 Å². The van der Waals surface area contributed by atoms with Gasteiger partial charge >= 0.3 is 0 Å². The van der Waals surface area contributed by atoms with Crippen LogP contribution in [0.3, 0.4) is 0 Å². The summed E-state index contributed by atoms with van der Waals surface area (Å²) >= 11 is 4.66. The Morgan fingerprint density at radius 1 is 1.06 bits per heavy atom. The minimum Gasteiger partial charge on any atom is -0.345 e. The summed E-state index contributed by atoms with van der Waals surface area (Å²) in [7, 11) is 0. The number of rotatable bonds is 8. The molecule has 0 spiro atoms. The first-order chi connectivity index (χ1) is 16.4. The van der Waals surface area contributed by atoms with Gasteiger partial charge in [-0.1, -0.05) is 48.4 Å². The number of carbonyl (C=O) groups is 1. The predicted molar refractivity (Wildman–Crippen MR) is 139 cm³/mol. The summed E-state index contributed by atoms with van der Waals surface area (Å²) in [5.41, 5.74) is 4.75. The number of hydrogen-bond donors (Lipinski definition) is 2. The van der Waals surface area contributed by atoms with Crippen molar-refractivity contribution in [3.05, 3.63) is 76.4 Å². The van der Waals surface area contributed by atoms with Crippen LogP contribution in [0.25, 0.3) is 11.3 Å². The van der Waals surface area contributed by atoms with E-state index in [2.05, 4.69) is 14.8 Å². The number of piperidine rings is 1. The molecular weight excluding hydrogens is 470 g/mol. The first-order valence-corrected chi connectivity index (χ1v) is 13.2. The molecule has 3 aromatic rings. The SMILES string of the molecule is Cc1c(C(=O)Nc2ccc(CS(=O)O)cc2)cn(CCN2CCCCC2)c1-c1ccccc1Cl. The van der Waals surface area contributed by atoms with Crippen LogP contribution in [0, 0.1) is 6.92 Å². The molecule has 1 aromatic heterocycles. The summed E-state index contributed by atoms with van der Waals surface area (Å²) in [5.74, 6) is -0.130. The van der Waals surface area contributed by atoms with E-state index in [1.165, 1.54) is 19.3 Å². The van der Waals surface area contributed by atoms with Gasteiger partial charge in [-0.15, -0.1) is 0 Å². The Kier molecular flexibility index (Phi) is 8.21. The molecule has 4 rings (SSSR count). The second-order valence-corrected chi connectivity index (χ2v) is 10.0. The van der Waals surface area contributed by atoms with Crippen LogP contribution in [-0.2, 0) is 23.4 Å². The van der Waals surface area contributed by atoms with Crippen LogP contribution in [0.4, 0.5) is 5.69 Å². The van der Waals surface area contributed by atoms with Crippen LogP contribution in [0.1, 0.15) is 40.7 Å². The third-order valence-corrected chi connectivity index (χ3v) is 7.22. The fraction of sp³-hybridized carbons (Fsp3) is 0.346. The molecule has 1 atom stereocenters. The van der Waals surface area contributed by atoms with E-state index in [1.54, 1.807) is 24.3 Å². The maximum atomic E-state index is 13.2. The van der Waals surface area contributed by atoms with Crippen LogP contribution in [-0.4, -0.2) is 43.8 Å². The molecule has 2 heterocycles. The van der Waals surface area contributed by atoms with E-state index in [1.807, 2.05) is 37.4 Å². The first kappa shape index (κ1) is 24.7. The number of amides is 1. The monoisotopic (exact) mass is 499 g/mol. The van der Waals surface area contributed by atoms with Crippen LogP contribution < -0.4 is 5.32 Å². The Balaban J connectivity index is 1.59. The summed E-state index contributed by atoms with van der Waals surface area (Å²) in [6, 6.07) is 14.7. The normalized spacial score (nSPS) is 15.3. The van der Waals surface area contributed by atoms with Gasteiger partial charge in [-0.25, -0.2) is 4.21 Å². The topological polar surface area (TPSA) is 74.6 Å². The first-order valence-electron chi connectivity index (χ1n) is 11.6. The van der Waals surface area contributed by atoms with Crippen molar-refractivity contribution in [3.63, 3.8) is 0 Å². The molecule has 6 nitrogen and oxygen atoms in total. The number of likely N-dealkylation sites (tertiary alicyclic amines) is 1. The van der Waals surface area contributed by atoms with Gasteiger partial charge in [-0.3, -0.25) is 4.79 Å². The third kappa shape index (κ3) is 5.96. The molecule has 0 saturated carbocycles. The van der Waals surface area contributed by atoms with E-state index in [0.29, 0.717) is 16.3 Å². The lowest BCUT2D eigenvalue weighted by Gasteiger charge is -2.27. The summed E-state index contributed by atoms with van der Waals surface area (Å²) in [4.78, 5) is 15.7. The van der Waals surface area contributed by atoms with Gasteiger partial charge < -0.3 is 19.3 Å². The molecule has 1 unspecified atom stereocenters. The molecule has 1 aliphatic rings. The number of nitrogens with one attached hydrogen (secondary N) is 1. The zero-order valence-corrected chi connectivity index (χ0v) is 20.9. The van der Waals surface area contributed by atoms with Gasteiger partial charge in [0.15, 0.2) is 11.1 Å². The van der Waals surface area contributed by atoms with Crippen molar-refractivity contribution in [2.75, 3.05) is 25.0 Å². The largest absolute Gasteiger partial charge is 0.345 e. The van der Waals surface area contributed by atoms with Crippen molar-refractivity contribution in [2.45, 2.75) is 38.5 Å². The average molecular weight is 500 g/mol. The smallest absolute Gasteiger partial charge is 0.257 e. The maximum Gasteiger partial charge on any atom is 0.257 e. The lowest BCUT2D eigenvalue weighted by Crippen LogP contribution is -2.32. The Hall–Kier alpha value is -2.45. The van der Waals surface area contributed by atoms with E-state index in [-0.39, 0.29) is 11.7 Å². The quantitative estimate of drug-likeness (QED) is 0.397. The molecule has 1 saturated heterocycles. The zero-order chi connectivity index (χ0) is 24.1. The lowest BCUT2D eigenvalue weighted by molar-refractivity contribution is 0.102. The average Bonchev–Trinajstić information content (AvgIpc) is 3.15. The van der Waals surface area contributed by atoms with Gasteiger partial charge in [-0.2, -0.15) is 0 Å². The second kappa shape index (κ2) is 11.3. The van der Waals surface area contributed by atoms with E-state index in [0.717, 1.165) is 48.6 Å². The number of halogens is 1. The summed E-state index contributed by atoms with van der Waals surface area (Å²) in [5, 5.41) is 3.62. The van der Waals surface area contributed by atoms with Gasteiger partial charge in [0.2, 0.25) is 0 Å². The minimum atomic E-state index is -1.90. The molecule has 0 bridgehead atoms. The number of anilines is 1. The van der Waals surface area contributed by atoms with Gasteiger partial charge in [0.1, 0.15) is 0 Å². The number of aromatic nitrogens is 1. The number of nitrogens with zero attached hydrogens (tertiary/aromatic N) is 2. The Bertz CT molecular complexity index is 1170.